The van der Waals surface area contributed by atoms with Gasteiger partial charge in [0.05, 0.1) is 23.8 Å². The maximum Gasteiger partial charge on any atom is 0.0573 e. The van der Waals surface area contributed by atoms with Crippen LogP contribution in [0.1, 0.15) is 46.0 Å². The fourth-order valence-corrected chi connectivity index (χ4v) is 2.95. The minimum absolute atomic E-state index is 0.673. The van der Waals surface area contributed by atoms with Crippen LogP contribution in [0.3, 0.4) is 0 Å². The summed E-state index contributed by atoms with van der Waals surface area (Å²) in [7, 11) is 2.21. The summed E-state index contributed by atoms with van der Waals surface area (Å²) in [6.07, 6.45) is 10.4. The number of hydrogen-bond acceptors (Lipinski definition) is 3. The summed E-state index contributed by atoms with van der Waals surface area (Å²) in [5.41, 5.74) is 2.37. The van der Waals surface area contributed by atoms with E-state index in [1.54, 1.807) is 0 Å². The van der Waals surface area contributed by atoms with Crippen molar-refractivity contribution in [3.8, 4) is 0 Å². The van der Waals surface area contributed by atoms with E-state index in [4.69, 9.17) is 0 Å². The Bertz CT molecular complexity index is 391. The summed E-state index contributed by atoms with van der Waals surface area (Å²) in [6, 6.07) is 2.90. The van der Waals surface area contributed by atoms with Gasteiger partial charge in [-0.15, -0.1) is 0 Å². The molecule has 19 heavy (non-hydrogen) atoms. The first kappa shape index (κ1) is 14.2. The summed E-state index contributed by atoms with van der Waals surface area (Å²) < 4.78 is 0. The van der Waals surface area contributed by atoms with Gasteiger partial charge >= 0.3 is 0 Å². The molecule has 3 heteroatoms. The normalized spacial score (nSPS) is 23.1. The van der Waals surface area contributed by atoms with Crippen molar-refractivity contribution in [2.45, 2.75) is 52.0 Å². The van der Waals surface area contributed by atoms with Crippen LogP contribution in [0.5, 0.6) is 0 Å². The Morgan fingerprint density at radius 1 is 1.37 bits per heavy atom. The molecule has 1 aromatic rings. The molecule has 1 saturated carbocycles. The summed E-state index contributed by atoms with van der Waals surface area (Å²) in [6.45, 7) is 5.56. The average molecular weight is 261 g/mol. The number of pyridine rings is 1. The van der Waals surface area contributed by atoms with E-state index < -0.39 is 0 Å². The van der Waals surface area contributed by atoms with Crippen LogP contribution < -0.4 is 10.2 Å². The van der Waals surface area contributed by atoms with E-state index in [-0.39, 0.29) is 0 Å². The van der Waals surface area contributed by atoms with Crippen LogP contribution in [0.4, 0.5) is 11.4 Å². The Morgan fingerprint density at radius 3 is 2.95 bits per heavy atom. The van der Waals surface area contributed by atoms with Crippen LogP contribution in [0.15, 0.2) is 18.5 Å². The molecule has 0 aliphatic heterocycles. The fourth-order valence-electron chi connectivity index (χ4n) is 2.95. The minimum Gasteiger partial charge on any atom is -0.384 e. The molecule has 2 unspecified atom stereocenters. The SMILES string of the molecule is CCCNc1cncc(N(C)C2CCCC(C)C2)c1. The molecular weight excluding hydrogens is 234 g/mol. The van der Waals surface area contributed by atoms with Crippen molar-refractivity contribution < 1.29 is 0 Å². The van der Waals surface area contributed by atoms with Crippen molar-refractivity contribution in [3.05, 3.63) is 18.5 Å². The van der Waals surface area contributed by atoms with Crippen molar-refractivity contribution in [1.82, 2.24) is 4.98 Å². The second-order valence-corrected chi connectivity index (χ2v) is 5.90. The molecule has 1 heterocycles. The second kappa shape index (κ2) is 6.78. The van der Waals surface area contributed by atoms with Gasteiger partial charge in [-0.3, -0.25) is 4.98 Å². The van der Waals surface area contributed by atoms with Gasteiger partial charge in [-0.05, 0) is 31.2 Å². The number of nitrogens with one attached hydrogen (secondary N) is 1. The first-order valence-corrected chi connectivity index (χ1v) is 7.62. The number of hydrogen-bond donors (Lipinski definition) is 1. The van der Waals surface area contributed by atoms with Gasteiger partial charge in [-0.1, -0.05) is 26.7 Å². The summed E-state index contributed by atoms with van der Waals surface area (Å²) in [5, 5.41) is 3.41. The Hall–Kier alpha value is -1.25. The Morgan fingerprint density at radius 2 is 2.21 bits per heavy atom. The Kier molecular flexibility index (Phi) is 5.06. The van der Waals surface area contributed by atoms with E-state index in [0.717, 1.165) is 24.6 Å². The lowest BCUT2D eigenvalue weighted by Gasteiger charge is -2.35. The zero-order valence-electron chi connectivity index (χ0n) is 12.5. The predicted octanol–water partition coefficient (Wildman–Crippen LogP) is 3.92. The van der Waals surface area contributed by atoms with Gasteiger partial charge in [-0.2, -0.15) is 0 Å². The molecule has 1 aliphatic rings. The molecule has 0 radical (unpaired) electrons. The van der Waals surface area contributed by atoms with Gasteiger partial charge in [0.25, 0.3) is 0 Å². The van der Waals surface area contributed by atoms with Gasteiger partial charge < -0.3 is 10.2 Å². The number of rotatable bonds is 5. The van der Waals surface area contributed by atoms with E-state index >= 15 is 0 Å². The standard InChI is InChI=1S/C16H27N3/c1-4-8-18-14-10-16(12-17-11-14)19(3)15-7-5-6-13(2)9-15/h10-13,15,18H,4-9H2,1-3H3. The molecular formula is C16H27N3. The van der Waals surface area contributed by atoms with Gasteiger partial charge in [0.1, 0.15) is 0 Å². The van der Waals surface area contributed by atoms with Crippen molar-refractivity contribution in [3.63, 3.8) is 0 Å². The van der Waals surface area contributed by atoms with Crippen LogP contribution in [0, 0.1) is 5.92 Å². The van der Waals surface area contributed by atoms with E-state index in [1.165, 1.54) is 31.4 Å². The van der Waals surface area contributed by atoms with Crippen LogP contribution >= 0.6 is 0 Å². The molecule has 1 N–H and O–H groups in total. The highest BCUT2D eigenvalue weighted by Crippen LogP contribution is 2.30. The van der Waals surface area contributed by atoms with Crippen LogP contribution in [-0.4, -0.2) is 24.6 Å². The molecule has 0 aromatic carbocycles. The van der Waals surface area contributed by atoms with Crippen molar-refractivity contribution in [2.75, 3.05) is 23.8 Å². The minimum atomic E-state index is 0.673. The topological polar surface area (TPSA) is 28.2 Å². The maximum atomic E-state index is 4.37. The molecule has 0 saturated heterocycles. The summed E-state index contributed by atoms with van der Waals surface area (Å²) in [5.74, 6) is 0.857. The average Bonchev–Trinajstić information content (AvgIpc) is 2.44. The molecule has 0 bridgehead atoms. The molecule has 1 fully saturated rings. The van der Waals surface area contributed by atoms with E-state index in [1.807, 2.05) is 12.4 Å². The molecule has 2 atom stereocenters. The highest BCUT2D eigenvalue weighted by atomic mass is 15.1. The lowest BCUT2D eigenvalue weighted by molar-refractivity contribution is 0.336. The summed E-state index contributed by atoms with van der Waals surface area (Å²) >= 11 is 0. The molecule has 1 aromatic heterocycles. The molecule has 106 valence electrons. The third-order valence-corrected chi connectivity index (χ3v) is 4.17. The third kappa shape index (κ3) is 3.85. The van der Waals surface area contributed by atoms with Gasteiger partial charge in [0.2, 0.25) is 0 Å². The highest BCUT2D eigenvalue weighted by Gasteiger charge is 2.22. The van der Waals surface area contributed by atoms with Gasteiger partial charge in [0.15, 0.2) is 0 Å². The molecule has 1 aliphatic carbocycles. The largest absolute Gasteiger partial charge is 0.384 e. The third-order valence-electron chi connectivity index (χ3n) is 4.17. The second-order valence-electron chi connectivity index (χ2n) is 5.90. The summed E-state index contributed by atoms with van der Waals surface area (Å²) in [4.78, 5) is 6.78. The zero-order chi connectivity index (χ0) is 13.7. The highest BCUT2D eigenvalue weighted by molar-refractivity contribution is 5.55. The lowest BCUT2D eigenvalue weighted by atomic mass is 9.86. The number of aromatic nitrogens is 1. The van der Waals surface area contributed by atoms with E-state index in [0.29, 0.717) is 6.04 Å². The monoisotopic (exact) mass is 261 g/mol. The molecule has 2 rings (SSSR count). The van der Waals surface area contributed by atoms with Crippen molar-refractivity contribution in [1.29, 1.82) is 0 Å². The van der Waals surface area contributed by atoms with Gasteiger partial charge in [0, 0.05) is 19.6 Å². The molecule has 0 amide bonds. The zero-order valence-corrected chi connectivity index (χ0v) is 12.5. The first-order chi connectivity index (χ1) is 9.20. The van der Waals surface area contributed by atoms with Crippen molar-refractivity contribution in [2.24, 2.45) is 5.92 Å². The quantitative estimate of drug-likeness (QED) is 0.870. The van der Waals surface area contributed by atoms with E-state index in [2.05, 4.69) is 42.2 Å². The molecule has 0 spiro atoms. The van der Waals surface area contributed by atoms with Crippen molar-refractivity contribution >= 4 is 11.4 Å². The maximum absolute atomic E-state index is 4.37. The Labute approximate surface area is 117 Å². The van der Waals surface area contributed by atoms with Crippen LogP contribution in [0.25, 0.3) is 0 Å². The van der Waals surface area contributed by atoms with Gasteiger partial charge in [-0.25, -0.2) is 0 Å². The first-order valence-electron chi connectivity index (χ1n) is 7.62. The van der Waals surface area contributed by atoms with Crippen LogP contribution in [0.2, 0.25) is 0 Å². The van der Waals surface area contributed by atoms with E-state index in [9.17, 15) is 0 Å². The lowest BCUT2D eigenvalue weighted by Crippen LogP contribution is -2.35. The predicted molar refractivity (Wildman–Crippen MR) is 82.8 cm³/mol. The van der Waals surface area contributed by atoms with Crippen LogP contribution in [-0.2, 0) is 0 Å². The smallest absolute Gasteiger partial charge is 0.0573 e. The Balaban J connectivity index is 2.03. The number of nitrogens with zero attached hydrogens (tertiary/aromatic N) is 2. The fraction of sp³-hybridized carbons (Fsp3) is 0.688. The number of anilines is 2. The molecule has 3 nitrogen and oxygen atoms in total.